The number of aromatic nitrogens is 2. The number of aromatic amines is 1. The van der Waals surface area contributed by atoms with Crippen LogP contribution >= 0.6 is 0 Å². The van der Waals surface area contributed by atoms with Crippen LogP contribution in [0.2, 0.25) is 0 Å². The van der Waals surface area contributed by atoms with Crippen LogP contribution in [-0.2, 0) is 17.1 Å². The molecule has 0 saturated heterocycles. The van der Waals surface area contributed by atoms with Crippen LogP contribution in [0.25, 0.3) is 10.9 Å². The second-order valence-electron chi connectivity index (χ2n) is 7.29. The molecule has 25 heavy (non-hydrogen) atoms. The van der Waals surface area contributed by atoms with Crippen molar-refractivity contribution >= 4 is 20.9 Å². The first kappa shape index (κ1) is 16.5. The van der Waals surface area contributed by atoms with Gasteiger partial charge in [-0.3, -0.25) is 9.36 Å². The molecule has 1 heterocycles. The van der Waals surface area contributed by atoms with Crippen LogP contribution in [0.5, 0.6) is 0 Å². The van der Waals surface area contributed by atoms with Crippen molar-refractivity contribution in [1.82, 2.24) is 14.3 Å². The number of hydrogen-bond donors (Lipinski definition) is 2. The van der Waals surface area contributed by atoms with Gasteiger partial charge in [0.05, 0.1) is 15.8 Å². The van der Waals surface area contributed by atoms with E-state index in [0.29, 0.717) is 23.9 Å². The summed E-state index contributed by atoms with van der Waals surface area (Å²) in [5.74, 6) is 1.82. The van der Waals surface area contributed by atoms with E-state index >= 15 is 0 Å². The third kappa shape index (κ3) is 2.83. The van der Waals surface area contributed by atoms with Gasteiger partial charge in [-0.25, -0.2) is 17.9 Å². The summed E-state index contributed by atoms with van der Waals surface area (Å²) in [4.78, 5) is 26.4. The second-order valence-corrected chi connectivity index (χ2v) is 9.06. The predicted molar refractivity (Wildman–Crippen MR) is 93.9 cm³/mol. The molecule has 4 rings (SSSR count). The van der Waals surface area contributed by atoms with Gasteiger partial charge in [-0.15, -0.1) is 0 Å². The third-order valence-electron chi connectivity index (χ3n) is 5.80. The number of nitrogens with zero attached hydrogens (tertiary/aromatic N) is 1. The maximum atomic E-state index is 12.6. The Labute approximate surface area is 145 Å². The minimum atomic E-state index is -3.69. The molecule has 8 heteroatoms. The molecule has 0 aliphatic heterocycles. The maximum Gasteiger partial charge on any atom is 0.328 e. The van der Waals surface area contributed by atoms with Crippen molar-refractivity contribution in [3.8, 4) is 0 Å². The number of nitrogens with one attached hydrogen (secondary N) is 2. The van der Waals surface area contributed by atoms with Gasteiger partial charge in [0, 0.05) is 13.6 Å². The monoisotopic (exact) mass is 363 g/mol. The number of rotatable bonds is 4. The van der Waals surface area contributed by atoms with Gasteiger partial charge in [0.25, 0.3) is 5.56 Å². The van der Waals surface area contributed by atoms with Gasteiger partial charge in [0.15, 0.2) is 0 Å². The van der Waals surface area contributed by atoms with Gasteiger partial charge in [-0.2, -0.15) is 0 Å². The fourth-order valence-electron chi connectivity index (χ4n) is 4.37. The summed E-state index contributed by atoms with van der Waals surface area (Å²) in [7, 11) is -2.33. The highest BCUT2D eigenvalue weighted by Crippen LogP contribution is 2.48. The molecular weight excluding hydrogens is 342 g/mol. The van der Waals surface area contributed by atoms with Crippen molar-refractivity contribution < 1.29 is 8.42 Å². The number of H-pyrrole nitrogens is 1. The molecular formula is C17H21N3O4S. The Kier molecular flexibility index (Phi) is 3.84. The summed E-state index contributed by atoms with van der Waals surface area (Å²) in [6.07, 6.45) is 4.81. The zero-order valence-corrected chi connectivity index (χ0v) is 14.8. The van der Waals surface area contributed by atoms with Gasteiger partial charge in [-0.1, -0.05) is 6.42 Å². The molecule has 0 spiro atoms. The summed E-state index contributed by atoms with van der Waals surface area (Å²) in [5, 5.41) is 0.185. The molecule has 1 aromatic carbocycles. The Balaban J connectivity index is 1.61. The zero-order valence-electron chi connectivity index (χ0n) is 14.0. The van der Waals surface area contributed by atoms with Crippen molar-refractivity contribution in [1.29, 1.82) is 0 Å². The number of hydrogen-bond acceptors (Lipinski definition) is 4. The summed E-state index contributed by atoms with van der Waals surface area (Å²) in [6, 6.07) is 4.21. The molecule has 7 nitrogen and oxygen atoms in total. The summed E-state index contributed by atoms with van der Waals surface area (Å²) >= 11 is 0. The van der Waals surface area contributed by atoms with Crippen LogP contribution in [-0.4, -0.2) is 24.5 Å². The lowest BCUT2D eigenvalue weighted by Gasteiger charge is -2.21. The lowest BCUT2D eigenvalue weighted by Crippen LogP contribution is -2.33. The standard InChI is InChI=1S/C17H21N3O4S/c1-20-16(21)14-8-13(4-5-15(14)19-17(20)22)25(23,24)18-9-12-7-10-2-3-11(12)6-10/h4-5,8,10-12,18H,2-3,6-7,9H2,1H3,(H,19,22)/t10-,11-,12-/m1/s1. The van der Waals surface area contributed by atoms with Crippen molar-refractivity contribution in [2.75, 3.05) is 6.54 Å². The number of sulfonamides is 1. The Hall–Kier alpha value is -1.93. The van der Waals surface area contributed by atoms with E-state index in [4.69, 9.17) is 0 Å². The van der Waals surface area contributed by atoms with E-state index in [2.05, 4.69) is 9.71 Å². The Morgan fingerprint density at radius 3 is 2.72 bits per heavy atom. The van der Waals surface area contributed by atoms with E-state index in [1.165, 1.54) is 44.5 Å². The highest BCUT2D eigenvalue weighted by molar-refractivity contribution is 7.89. The molecule has 2 N–H and O–H groups in total. The van der Waals surface area contributed by atoms with E-state index in [1.54, 1.807) is 0 Å². The molecule has 0 amide bonds. The third-order valence-corrected chi connectivity index (χ3v) is 7.22. The fraction of sp³-hybridized carbons (Fsp3) is 0.529. The topological polar surface area (TPSA) is 101 Å². The normalized spacial score (nSPS) is 25.7. The maximum absolute atomic E-state index is 12.6. The van der Waals surface area contributed by atoms with Crippen LogP contribution in [0.1, 0.15) is 25.7 Å². The molecule has 2 saturated carbocycles. The van der Waals surface area contributed by atoms with Crippen molar-refractivity contribution in [2.45, 2.75) is 30.6 Å². The predicted octanol–water partition coefficient (Wildman–Crippen LogP) is 0.941. The first-order valence-electron chi connectivity index (χ1n) is 8.58. The van der Waals surface area contributed by atoms with E-state index < -0.39 is 21.3 Å². The van der Waals surface area contributed by atoms with E-state index in [0.717, 1.165) is 16.9 Å². The quantitative estimate of drug-likeness (QED) is 0.844. The number of benzene rings is 1. The summed E-state index contributed by atoms with van der Waals surface area (Å²) < 4.78 is 28.9. The fourth-order valence-corrected chi connectivity index (χ4v) is 5.50. The van der Waals surface area contributed by atoms with Crippen LogP contribution in [0.4, 0.5) is 0 Å². The molecule has 2 fully saturated rings. The molecule has 3 atom stereocenters. The molecule has 2 aliphatic rings. The van der Waals surface area contributed by atoms with Gasteiger partial charge in [-0.05, 0) is 55.2 Å². The lowest BCUT2D eigenvalue weighted by molar-refractivity contribution is 0.333. The average Bonchev–Trinajstić information content (AvgIpc) is 3.21. The largest absolute Gasteiger partial charge is 0.328 e. The summed E-state index contributed by atoms with van der Waals surface area (Å²) in [6.45, 7) is 0.450. The highest BCUT2D eigenvalue weighted by atomic mass is 32.2. The second kappa shape index (κ2) is 5.81. The van der Waals surface area contributed by atoms with Gasteiger partial charge in [0.1, 0.15) is 0 Å². The van der Waals surface area contributed by atoms with Crippen molar-refractivity contribution in [3.63, 3.8) is 0 Å². The molecule has 1 aromatic heterocycles. The van der Waals surface area contributed by atoms with E-state index in [-0.39, 0.29) is 10.3 Å². The molecule has 0 radical (unpaired) electrons. The zero-order chi connectivity index (χ0) is 17.8. The van der Waals surface area contributed by atoms with Crippen molar-refractivity contribution in [3.05, 3.63) is 39.0 Å². The van der Waals surface area contributed by atoms with E-state index in [1.807, 2.05) is 0 Å². The lowest BCUT2D eigenvalue weighted by atomic mass is 9.89. The Morgan fingerprint density at radius 1 is 1.24 bits per heavy atom. The minimum Gasteiger partial charge on any atom is -0.307 e. The van der Waals surface area contributed by atoms with Gasteiger partial charge in [0.2, 0.25) is 10.0 Å². The first-order chi connectivity index (χ1) is 11.8. The van der Waals surface area contributed by atoms with Gasteiger partial charge >= 0.3 is 5.69 Å². The first-order valence-corrected chi connectivity index (χ1v) is 10.1. The highest BCUT2D eigenvalue weighted by Gasteiger charge is 2.39. The van der Waals surface area contributed by atoms with E-state index in [9.17, 15) is 18.0 Å². The summed E-state index contributed by atoms with van der Waals surface area (Å²) in [5.41, 5.74) is -0.702. The smallest absolute Gasteiger partial charge is 0.307 e. The Morgan fingerprint density at radius 2 is 2.04 bits per heavy atom. The van der Waals surface area contributed by atoms with Gasteiger partial charge < -0.3 is 4.98 Å². The molecule has 2 bridgehead atoms. The minimum absolute atomic E-state index is 0.0484. The van der Waals surface area contributed by atoms with Crippen LogP contribution in [0.3, 0.4) is 0 Å². The average molecular weight is 363 g/mol. The van der Waals surface area contributed by atoms with Crippen molar-refractivity contribution in [2.24, 2.45) is 24.8 Å². The van der Waals surface area contributed by atoms with Crippen LogP contribution in [0.15, 0.2) is 32.7 Å². The molecule has 0 unspecified atom stereocenters. The molecule has 2 aliphatic carbocycles. The SMILES string of the molecule is Cn1c(=O)[nH]c2ccc(S(=O)(=O)NC[C@H]3C[C@@H]4CC[C@@H]3C4)cc2c1=O. The molecule has 134 valence electrons. The molecule has 2 aromatic rings. The Bertz CT molecular complexity index is 1050. The number of fused-ring (bicyclic) bond motifs is 3. The van der Waals surface area contributed by atoms with Crippen LogP contribution in [0, 0.1) is 17.8 Å². The van der Waals surface area contributed by atoms with Crippen LogP contribution < -0.4 is 16.0 Å².